The second-order valence-corrected chi connectivity index (χ2v) is 6.34. The summed E-state index contributed by atoms with van der Waals surface area (Å²) in [6.07, 6.45) is 6.83. The first-order valence-corrected chi connectivity index (χ1v) is 8.65. The second-order valence-electron chi connectivity index (χ2n) is 4.44. The Bertz CT molecular complexity index is 392. The van der Waals surface area contributed by atoms with Crippen LogP contribution in [0.1, 0.15) is 36.0 Å². The number of unbranched alkanes of at least 4 members (excludes halogenated alkanes) is 3. The summed E-state index contributed by atoms with van der Waals surface area (Å²) in [5.74, 6) is 1.17. The number of nitrogens with one attached hydrogen (secondary N) is 1. The molecule has 0 unspecified atom stereocenters. The first kappa shape index (κ1) is 16.4. The van der Waals surface area contributed by atoms with Crippen molar-refractivity contribution >= 4 is 39.3 Å². The number of carbonyl (C=O) groups excluding carboxylic acids is 1. The fourth-order valence-electron chi connectivity index (χ4n) is 1.77. The van der Waals surface area contributed by atoms with Gasteiger partial charge in [-0.15, -0.1) is 0 Å². The van der Waals surface area contributed by atoms with Gasteiger partial charge in [-0.25, -0.2) is 0 Å². The number of benzene rings is 1. The number of nitrogens with two attached hydrogens (primary N) is 1. The molecule has 3 N–H and O–H groups in total. The van der Waals surface area contributed by atoms with Crippen LogP contribution in [0.25, 0.3) is 0 Å². The number of thioether (sulfide) groups is 1. The standard InChI is InChI=1S/C14H21BrN2OS/c1-19-7-5-3-2-4-6-17-14(18)11-8-12(15)10-13(16)9-11/h8-10H,2-7,16H2,1H3,(H,17,18). The van der Waals surface area contributed by atoms with Crippen molar-refractivity contribution in [3.63, 3.8) is 0 Å². The fraction of sp³-hybridized carbons (Fsp3) is 0.500. The zero-order valence-electron chi connectivity index (χ0n) is 11.2. The van der Waals surface area contributed by atoms with Crippen molar-refractivity contribution in [3.8, 4) is 0 Å². The van der Waals surface area contributed by atoms with Gasteiger partial charge in [0, 0.05) is 22.3 Å². The molecule has 1 amide bonds. The summed E-state index contributed by atoms with van der Waals surface area (Å²) in [5.41, 5.74) is 6.91. The molecule has 0 spiro atoms. The molecule has 0 aliphatic heterocycles. The molecule has 106 valence electrons. The van der Waals surface area contributed by atoms with Crippen molar-refractivity contribution in [2.24, 2.45) is 0 Å². The van der Waals surface area contributed by atoms with Crippen LogP contribution in [0, 0.1) is 0 Å². The number of hydrogen-bond acceptors (Lipinski definition) is 3. The maximum Gasteiger partial charge on any atom is 0.251 e. The van der Waals surface area contributed by atoms with Crippen LogP contribution in [0.3, 0.4) is 0 Å². The molecule has 0 fully saturated rings. The monoisotopic (exact) mass is 344 g/mol. The predicted octanol–water partition coefficient (Wildman–Crippen LogP) is 3.68. The molecule has 0 heterocycles. The fourth-order valence-corrected chi connectivity index (χ4v) is 2.78. The van der Waals surface area contributed by atoms with Crippen molar-refractivity contribution < 1.29 is 4.79 Å². The topological polar surface area (TPSA) is 55.1 Å². The lowest BCUT2D eigenvalue weighted by atomic mass is 10.1. The SMILES string of the molecule is CSCCCCCCNC(=O)c1cc(N)cc(Br)c1. The van der Waals surface area contributed by atoms with E-state index in [1.54, 1.807) is 18.2 Å². The van der Waals surface area contributed by atoms with Gasteiger partial charge in [0.25, 0.3) is 5.91 Å². The molecule has 1 aromatic rings. The third-order valence-corrected chi connectivity index (χ3v) is 3.90. The number of hydrogen-bond donors (Lipinski definition) is 2. The van der Waals surface area contributed by atoms with E-state index >= 15 is 0 Å². The minimum Gasteiger partial charge on any atom is -0.399 e. The van der Waals surface area contributed by atoms with Crippen LogP contribution in [0.2, 0.25) is 0 Å². The lowest BCUT2D eigenvalue weighted by Crippen LogP contribution is -2.24. The summed E-state index contributed by atoms with van der Waals surface area (Å²) in [7, 11) is 0. The molecule has 0 atom stereocenters. The van der Waals surface area contributed by atoms with Crippen molar-refractivity contribution in [2.45, 2.75) is 25.7 Å². The zero-order valence-corrected chi connectivity index (χ0v) is 13.6. The molecule has 3 nitrogen and oxygen atoms in total. The van der Waals surface area contributed by atoms with Crippen molar-refractivity contribution in [2.75, 3.05) is 24.3 Å². The molecule has 0 radical (unpaired) electrons. The highest BCUT2D eigenvalue weighted by Crippen LogP contribution is 2.17. The molecular formula is C14H21BrN2OS. The van der Waals surface area contributed by atoms with Crippen LogP contribution in [0.4, 0.5) is 5.69 Å². The van der Waals surface area contributed by atoms with E-state index in [9.17, 15) is 4.79 Å². The highest BCUT2D eigenvalue weighted by Gasteiger charge is 2.06. The summed E-state index contributed by atoms with van der Waals surface area (Å²) < 4.78 is 0.828. The molecule has 0 aliphatic rings. The van der Waals surface area contributed by atoms with E-state index in [-0.39, 0.29) is 5.91 Å². The molecule has 5 heteroatoms. The summed E-state index contributed by atoms with van der Waals surface area (Å²) >= 11 is 5.22. The molecule has 0 saturated carbocycles. The third kappa shape index (κ3) is 6.87. The average molecular weight is 345 g/mol. The molecule has 0 bridgehead atoms. The van der Waals surface area contributed by atoms with E-state index in [1.165, 1.54) is 25.0 Å². The van der Waals surface area contributed by atoms with Gasteiger partial charge in [-0.1, -0.05) is 28.8 Å². The van der Waals surface area contributed by atoms with Crippen LogP contribution >= 0.6 is 27.7 Å². The smallest absolute Gasteiger partial charge is 0.251 e. The molecule has 19 heavy (non-hydrogen) atoms. The number of anilines is 1. The Labute approximate surface area is 127 Å². The summed E-state index contributed by atoms with van der Waals surface area (Å²) in [4.78, 5) is 11.9. The number of halogens is 1. The van der Waals surface area contributed by atoms with Crippen molar-refractivity contribution in [1.29, 1.82) is 0 Å². The number of rotatable bonds is 8. The van der Waals surface area contributed by atoms with Crippen molar-refractivity contribution in [1.82, 2.24) is 5.32 Å². The van der Waals surface area contributed by atoms with E-state index < -0.39 is 0 Å². The first-order chi connectivity index (χ1) is 9.13. The molecule has 0 aromatic heterocycles. The van der Waals surface area contributed by atoms with Crippen molar-refractivity contribution in [3.05, 3.63) is 28.2 Å². The van der Waals surface area contributed by atoms with Crippen LogP contribution in [0.5, 0.6) is 0 Å². The van der Waals surface area contributed by atoms with Gasteiger partial charge in [-0.3, -0.25) is 4.79 Å². The van der Waals surface area contributed by atoms with Gasteiger partial charge in [-0.05, 0) is 43.0 Å². The minimum absolute atomic E-state index is 0.0582. The predicted molar refractivity (Wildman–Crippen MR) is 87.7 cm³/mol. The van der Waals surface area contributed by atoms with E-state index in [2.05, 4.69) is 27.5 Å². The molecule has 0 saturated heterocycles. The molecule has 1 rings (SSSR count). The van der Waals surface area contributed by atoms with Gasteiger partial charge in [0.1, 0.15) is 0 Å². The summed E-state index contributed by atoms with van der Waals surface area (Å²) in [6, 6.07) is 5.26. The van der Waals surface area contributed by atoms with Gasteiger partial charge in [0.15, 0.2) is 0 Å². The lowest BCUT2D eigenvalue weighted by molar-refractivity contribution is 0.0953. The normalized spacial score (nSPS) is 10.4. The van der Waals surface area contributed by atoms with Gasteiger partial charge >= 0.3 is 0 Å². The zero-order chi connectivity index (χ0) is 14.1. The highest BCUT2D eigenvalue weighted by atomic mass is 79.9. The minimum atomic E-state index is -0.0582. The number of carbonyl (C=O) groups is 1. The third-order valence-electron chi connectivity index (χ3n) is 2.74. The maximum atomic E-state index is 11.9. The van der Waals surface area contributed by atoms with E-state index in [0.717, 1.165) is 17.4 Å². The van der Waals surface area contributed by atoms with Gasteiger partial charge in [0.2, 0.25) is 0 Å². The van der Waals surface area contributed by atoms with Gasteiger partial charge in [-0.2, -0.15) is 11.8 Å². The Morgan fingerprint density at radius 3 is 2.68 bits per heavy atom. The molecule has 0 aliphatic carbocycles. The Morgan fingerprint density at radius 2 is 2.00 bits per heavy atom. The Morgan fingerprint density at radius 1 is 1.26 bits per heavy atom. The summed E-state index contributed by atoms with van der Waals surface area (Å²) in [5, 5.41) is 2.92. The summed E-state index contributed by atoms with van der Waals surface area (Å²) in [6.45, 7) is 0.727. The van der Waals surface area contributed by atoms with Crippen LogP contribution < -0.4 is 11.1 Å². The van der Waals surface area contributed by atoms with Crippen LogP contribution in [-0.2, 0) is 0 Å². The molecular weight excluding hydrogens is 324 g/mol. The van der Waals surface area contributed by atoms with E-state index in [1.807, 2.05) is 11.8 Å². The van der Waals surface area contributed by atoms with Gasteiger partial charge in [0.05, 0.1) is 0 Å². The maximum absolute atomic E-state index is 11.9. The Kier molecular flexibility index (Phi) is 7.98. The average Bonchev–Trinajstić information content (AvgIpc) is 2.36. The quantitative estimate of drug-likeness (QED) is 0.558. The number of nitrogen functional groups attached to an aromatic ring is 1. The molecule has 1 aromatic carbocycles. The highest BCUT2D eigenvalue weighted by molar-refractivity contribution is 9.10. The second kappa shape index (κ2) is 9.26. The first-order valence-electron chi connectivity index (χ1n) is 6.46. The van der Waals surface area contributed by atoms with Gasteiger partial charge < -0.3 is 11.1 Å². The Hall–Kier alpha value is -0.680. The number of amides is 1. The van der Waals surface area contributed by atoms with Crippen LogP contribution in [0.15, 0.2) is 22.7 Å². The van der Waals surface area contributed by atoms with E-state index in [4.69, 9.17) is 5.73 Å². The lowest BCUT2D eigenvalue weighted by Gasteiger charge is -2.06. The Balaban J connectivity index is 2.24. The van der Waals surface area contributed by atoms with E-state index in [0.29, 0.717) is 11.3 Å². The largest absolute Gasteiger partial charge is 0.399 e. The van der Waals surface area contributed by atoms with Crippen LogP contribution in [-0.4, -0.2) is 24.5 Å².